The standard InChI is InChI=1S/C18H26N2O5S/c1-20(15-8-10-26(23,24)12-15)18(22)14-6-4-13(5-7-14)17(21)19-11-16-3-2-9-25-16/h2-3,9,13-15H,4-8,10-12H2,1H3,(H,19,21). The lowest BCUT2D eigenvalue weighted by Gasteiger charge is -2.32. The predicted molar refractivity (Wildman–Crippen MR) is 95.8 cm³/mol. The van der Waals surface area contributed by atoms with E-state index in [9.17, 15) is 18.0 Å². The largest absolute Gasteiger partial charge is 0.467 e. The van der Waals surface area contributed by atoms with Crippen LogP contribution in [0.4, 0.5) is 0 Å². The minimum Gasteiger partial charge on any atom is -0.467 e. The Hall–Kier alpha value is -1.83. The molecular formula is C18H26N2O5S. The zero-order valence-electron chi connectivity index (χ0n) is 15.0. The van der Waals surface area contributed by atoms with E-state index in [1.807, 2.05) is 6.07 Å². The van der Waals surface area contributed by atoms with Gasteiger partial charge >= 0.3 is 0 Å². The van der Waals surface area contributed by atoms with Gasteiger partial charge in [0.15, 0.2) is 9.84 Å². The molecule has 1 aromatic heterocycles. The topological polar surface area (TPSA) is 96.7 Å². The molecule has 1 unspecified atom stereocenters. The fourth-order valence-corrected chi connectivity index (χ4v) is 5.66. The summed E-state index contributed by atoms with van der Waals surface area (Å²) in [5.74, 6) is 0.778. The summed E-state index contributed by atoms with van der Waals surface area (Å²) < 4.78 is 28.4. The van der Waals surface area contributed by atoms with Crippen molar-refractivity contribution in [3.05, 3.63) is 24.2 Å². The van der Waals surface area contributed by atoms with Crippen molar-refractivity contribution in [2.75, 3.05) is 18.6 Å². The van der Waals surface area contributed by atoms with E-state index in [0.29, 0.717) is 38.6 Å². The van der Waals surface area contributed by atoms with E-state index in [4.69, 9.17) is 4.42 Å². The summed E-state index contributed by atoms with van der Waals surface area (Å²) in [4.78, 5) is 26.6. The molecule has 0 aromatic carbocycles. The Morgan fingerprint density at radius 1 is 1.19 bits per heavy atom. The van der Waals surface area contributed by atoms with Gasteiger partial charge in [-0.1, -0.05) is 0 Å². The minimum atomic E-state index is -3.00. The number of sulfone groups is 1. The molecule has 1 atom stereocenters. The normalized spacial score (nSPS) is 27.8. The molecule has 1 saturated carbocycles. The summed E-state index contributed by atoms with van der Waals surface area (Å²) in [6.45, 7) is 0.379. The second-order valence-corrected chi connectivity index (χ2v) is 9.58. The average molecular weight is 382 g/mol. The van der Waals surface area contributed by atoms with Crippen molar-refractivity contribution in [3.8, 4) is 0 Å². The van der Waals surface area contributed by atoms with E-state index in [2.05, 4.69) is 5.32 Å². The Morgan fingerprint density at radius 2 is 1.88 bits per heavy atom. The number of amides is 2. The molecule has 1 aliphatic heterocycles. The summed E-state index contributed by atoms with van der Waals surface area (Å²) in [7, 11) is -1.30. The quantitative estimate of drug-likeness (QED) is 0.829. The van der Waals surface area contributed by atoms with Gasteiger partial charge in [-0.15, -0.1) is 0 Å². The van der Waals surface area contributed by atoms with Gasteiger partial charge in [-0.3, -0.25) is 9.59 Å². The number of hydrogen-bond donors (Lipinski definition) is 1. The molecule has 0 bridgehead atoms. The second kappa shape index (κ2) is 7.82. The van der Waals surface area contributed by atoms with Crippen LogP contribution in [0.2, 0.25) is 0 Å². The van der Waals surface area contributed by atoms with Crippen molar-refractivity contribution in [3.63, 3.8) is 0 Å². The van der Waals surface area contributed by atoms with Crippen LogP contribution in [0, 0.1) is 11.8 Å². The zero-order chi connectivity index (χ0) is 18.7. The molecule has 1 aliphatic carbocycles. The molecule has 0 spiro atoms. The molecule has 144 valence electrons. The van der Waals surface area contributed by atoms with Gasteiger partial charge in [0.25, 0.3) is 0 Å². The minimum absolute atomic E-state index is 0.00235. The van der Waals surface area contributed by atoms with E-state index in [-0.39, 0.29) is 41.2 Å². The molecule has 8 heteroatoms. The highest BCUT2D eigenvalue weighted by Gasteiger charge is 2.37. The monoisotopic (exact) mass is 382 g/mol. The lowest BCUT2D eigenvalue weighted by atomic mass is 9.80. The molecule has 0 radical (unpaired) electrons. The van der Waals surface area contributed by atoms with Crippen molar-refractivity contribution in [2.24, 2.45) is 11.8 Å². The van der Waals surface area contributed by atoms with E-state index < -0.39 is 9.84 Å². The van der Waals surface area contributed by atoms with Crippen LogP contribution in [0.5, 0.6) is 0 Å². The lowest BCUT2D eigenvalue weighted by Crippen LogP contribution is -2.43. The van der Waals surface area contributed by atoms with Crippen LogP contribution < -0.4 is 5.32 Å². The molecule has 1 N–H and O–H groups in total. The van der Waals surface area contributed by atoms with E-state index in [1.165, 1.54) is 0 Å². The number of carbonyl (C=O) groups is 2. The van der Waals surface area contributed by atoms with Crippen LogP contribution in [-0.4, -0.2) is 49.7 Å². The van der Waals surface area contributed by atoms with Gasteiger partial charge in [0.05, 0.1) is 24.3 Å². The van der Waals surface area contributed by atoms with Crippen LogP contribution in [0.15, 0.2) is 22.8 Å². The van der Waals surface area contributed by atoms with Gasteiger partial charge < -0.3 is 14.6 Å². The highest BCUT2D eigenvalue weighted by atomic mass is 32.2. The first-order chi connectivity index (χ1) is 12.4. The van der Waals surface area contributed by atoms with Gasteiger partial charge in [-0.25, -0.2) is 8.42 Å². The third-order valence-corrected chi connectivity index (χ3v) is 7.32. The van der Waals surface area contributed by atoms with E-state index in [0.717, 1.165) is 5.76 Å². The Labute approximate surface area is 154 Å². The molecule has 2 heterocycles. The number of hydrogen-bond acceptors (Lipinski definition) is 5. The first-order valence-electron chi connectivity index (χ1n) is 9.13. The van der Waals surface area contributed by atoms with Crippen molar-refractivity contribution >= 4 is 21.7 Å². The van der Waals surface area contributed by atoms with Gasteiger partial charge in [0, 0.05) is 24.9 Å². The van der Waals surface area contributed by atoms with Crippen LogP contribution in [-0.2, 0) is 26.0 Å². The third-order valence-electron chi connectivity index (χ3n) is 5.57. The molecule has 2 amide bonds. The van der Waals surface area contributed by atoms with Gasteiger partial charge in [-0.2, -0.15) is 0 Å². The summed E-state index contributed by atoms with van der Waals surface area (Å²) in [6, 6.07) is 3.39. The molecule has 2 aliphatic rings. The highest BCUT2D eigenvalue weighted by molar-refractivity contribution is 7.91. The van der Waals surface area contributed by atoms with Crippen LogP contribution in [0.3, 0.4) is 0 Å². The maximum Gasteiger partial charge on any atom is 0.225 e. The molecule has 1 aromatic rings. The van der Waals surface area contributed by atoms with Crippen molar-refractivity contribution in [1.82, 2.24) is 10.2 Å². The maximum atomic E-state index is 12.7. The number of nitrogens with one attached hydrogen (secondary N) is 1. The number of carbonyl (C=O) groups excluding carboxylic acids is 2. The number of nitrogens with zero attached hydrogens (tertiary/aromatic N) is 1. The fourth-order valence-electron chi connectivity index (χ4n) is 3.88. The third kappa shape index (κ3) is 4.47. The lowest BCUT2D eigenvalue weighted by molar-refractivity contribution is -0.138. The highest BCUT2D eigenvalue weighted by Crippen LogP contribution is 2.31. The zero-order valence-corrected chi connectivity index (χ0v) is 15.8. The van der Waals surface area contributed by atoms with E-state index in [1.54, 1.807) is 24.3 Å². The van der Waals surface area contributed by atoms with Crippen LogP contribution >= 0.6 is 0 Å². The smallest absolute Gasteiger partial charge is 0.225 e. The predicted octanol–water partition coefficient (Wildman–Crippen LogP) is 1.35. The van der Waals surface area contributed by atoms with Crippen LogP contribution in [0.25, 0.3) is 0 Å². The SMILES string of the molecule is CN(C(=O)C1CCC(C(=O)NCc2ccco2)CC1)C1CCS(=O)(=O)C1. The number of furan rings is 1. The van der Waals surface area contributed by atoms with Crippen molar-refractivity contribution in [1.29, 1.82) is 0 Å². The Morgan fingerprint density at radius 3 is 2.46 bits per heavy atom. The van der Waals surface area contributed by atoms with Crippen molar-refractivity contribution < 1.29 is 22.4 Å². The maximum absolute atomic E-state index is 12.7. The molecule has 7 nitrogen and oxygen atoms in total. The van der Waals surface area contributed by atoms with Gasteiger partial charge in [-0.05, 0) is 44.2 Å². The second-order valence-electron chi connectivity index (χ2n) is 7.35. The van der Waals surface area contributed by atoms with Crippen molar-refractivity contribution in [2.45, 2.75) is 44.7 Å². The fraction of sp³-hybridized carbons (Fsp3) is 0.667. The first kappa shape index (κ1) is 18.9. The molecule has 2 fully saturated rings. The molecule has 3 rings (SSSR count). The van der Waals surface area contributed by atoms with E-state index >= 15 is 0 Å². The summed E-state index contributed by atoms with van der Waals surface area (Å²) >= 11 is 0. The molecule has 26 heavy (non-hydrogen) atoms. The molecule has 1 saturated heterocycles. The summed E-state index contributed by atoms with van der Waals surface area (Å²) in [5, 5.41) is 2.88. The number of rotatable bonds is 5. The van der Waals surface area contributed by atoms with Crippen LogP contribution in [0.1, 0.15) is 37.9 Å². The Kier molecular flexibility index (Phi) is 5.70. The summed E-state index contributed by atoms with van der Waals surface area (Å²) in [5.41, 5.74) is 0. The average Bonchev–Trinajstić information content (AvgIpc) is 3.27. The molecular weight excluding hydrogens is 356 g/mol. The van der Waals surface area contributed by atoms with Gasteiger partial charge in [0.1, 0.15) is 5.76 Å². The summed E-state index contributed by atoms with van der Waals surface area (Å²) in [6.07, 6.45) is 4.79. The van der Waals surface area contributed by atoms with Gasteiger partial charge in [0.2, 0.25) is 11.8 Å². The Bertz CT molecular complexity index is 736. The Balaban J connectivity index is 1.45. The first-order valence-corrected chi connectivity index (χ1v) is 10.9.